The van der Waals surface area contributed by atoms with Crippen molar-refractivity contribution in [2.75, 3.05) is 31.3 Å². The second-order valence-electron chi connectivity index (χ2n) is 7.44. The smallest absolute Gasteiger partial charge is 0.306 e. The van der Waals surface area contributed by atoms with Crippen molar-refractivity contribution in [2.24, 2.45) is 0 Å². The monoisotopic (exact) mass is 425 g/mol. The number of aromatic nitrogens is 4. The SMILES string of the molecule is Cc1nc2nc(N)nn2c(C)c1CCC(=O)OCC(=O)NCc1ccc(N(C)C)cc1. The van der Waals surface area contributed by atoms with E-state index < -0.39 is 5.97 Å². The lowest BCUT2D eigenvalue weighted by Crippen LogP contribution is -2.28. The van der Waals surface area contributed by atoms with Crippen LogP contribution in [0.15, 0.2) is 24.3 Å². The summed E-state index contributed by atoms with van der Waals surface area (Å²) < 4.78 is 6.66. The number of hydrogen-bond acceptors (Lipinski definition) is 8. The average Bonchev–Trinajstić information content (AvgIpc) is 3.11. The zero-order valence-electron chi connectivity index (χ0n) is 18.2. The Kier molecular flexibility index (Phi) is 6.68. The third-order valence-corrected chi connectivity index (χ3v) is 4.95. The van der Waals surface area contributed by atoms with E-state index >= 15 is 0 Å². The quantitative estimate of drug-likeness (QED) is 0.515. The fraction of sp³-hybridized carbons (Fsp3) is 0.381. The highest BCUT2D eigenvalue weighted by molar-refractivity contribution is 5.80. The summed E-state index contributed by atoms with van der Waals surface area (Å²) in [4.78, 5) is 34.5. The van der Waals surface area contributed by atoms with Crippen LogP contribution in [-0.2, 0) is 27.3 Å². The Labute approximate surface area is 180 Å². The maximum Gasteiger partial charge on any atom is 0.306 e. The van der Waals surface area contributed by atoms with Gasteiger partial charge in [-0.2, -0.15) is 9.50 Å². The molecule has 10 nitrogen and oxygen atoms in total. The molecule has 0 atom stereocenters. The molecule has 3 rings (SSSR count). The van der Waals surface area contributed by atoms with Gasteiger partial charge in [0.1, 0.15) is 0 Å². The molecule has 0 radical (unpaired) electrons. The summed E-state index contributed by atoms with van der Waals surface area (Å²) in [7, 11) is 3.93. The van der Waals surface area contributed by atoms with Gasteiger partial charge in [0.05, 0.1) is 0 Å². The minimum absolute atomic E-state index is 0.123. The number of carbonyl (C=O) groups is 2. The number of nitrogens with zero attached hydrogens (tertiary/aromatic N) is 5. The van der Waals surface area contributed by atoms with Crippen LogP contribution in [0.3, 0.4) is 0 Å². The number of hydrogen-bond donors (Lipinski definition) is 2. The zero-order chi connectivity index (χ0) is 22.5. The lowest BCUT2D eigenvalue weighted by Gasteiger charge is -2.13. The molecule has 0 aliphatic heterocycles. The molecule has 1 amide bonds. The molecule has 164 valence electrons. The van der Waals surface area contributed by atoms with E-state index in [0.717, 1.165) is 28.2 Å². The highest BCUT2D eigenvalue weighted by atomic mass is 16.5. The number of aryl methyl sites for hydroxylation is 2. The number of esters is 1. The number of amides is 1. The third kappa shape index (κ3) is 5.47. The van der Waals surface area contributed by atoms with Gasteiger partial charge in [0.15, 0.2) is 6.61 Å². The number of nitrogens with two attached hydrogens (primary N) is 1. The van der Waals surface area contributed by atoms with Crippen molar-refractivity contribution in [3.8, 4) is 0 Å². The van der Waals surface area contributed by atoms with E-state index in [1.165, 1.54) is 0 Å². The molecule has 10 heteroatoms. The van der Waals surface area contributed by atoms with Crippen molar-refractivity contribution in [3.63, 3.8) is 0 Å². The number of anilines is 2. The van der Waals surface area contributed by atoms with E-state index in [1.807, 2.05) is 57.1 Å². The standard InChI is InChI=1S/C21H27N7O3/c1-13-17(14(2)28-21(24-13)25-20(22)26-28)9-10-19(30)31-12-18(29)23-11-15-5-7-16(8-6-15)27(3)4/h5-8H,9-12H2,1-4H3,(H2,22,26)(H,23,29). The van der Waals surface area contributed by atoms with E-state index in [-0.39, 0.29) is 24.9 Å². The molecule has 0 aliphatic rings. The van der Waals surface area contributed by atoms with E-state index in [4.69, 9.17) is 10.5 Å². The van der Waals surface area contributed by atoms with Crippen molar-refractivity contribution < 1.29 is 14.3 Å². The molecule has 1 aromatic carbocycles. The van der Waals surface area contributed by atoms with Gasteiger partial charge in [-0.1, -0.05) is 12.1 Å². The topological polar surface area (TPSA) is 128 Å². The highest BCUT2D eigenvalue weighted by Crippen LogP contribution is 2.16. The molecular formula is C21H27N7O3. The number of benzene rings is 1. The first-order chi connectivity index (χ1) is 14.7. The summed E-state index contributed by atoms with van der Waals surface area (Å²) in [5.41, 5.74) is 10.1. The van der Waals surface area contributed by atoms with Crippen molar-refractivity contribution in [3.05, 3.63) is 46.8 Å². The van der Waals surface area contributed by atoms with Gasteiger partial charge in [0.25, 0.3) is 11.7 Å². The molecule has 3 aromatic rings. The van der Waals surface area contributed by atoms with E-state index in [0.29, 0.717) is 18.7 Å². The summed E-state index contributed by atoms with van der Waals surface area (Å²) >= 11 is 0. The molecule has 31 heavy (non-hydrogen) atoms. The summed E-state index contributed by atoms with van der Waals surface area (Å²) in [5.74, 6) is -0.237. The Bertz CT molecular complexity index is 1090. The van der Waals surface area contributed by atoms with Gasteiger partial charge in [0, 0.05) is 44.1 Å². The highest BCUT2D eigenvalue weighted by Gasteiger charge is 2.15. The molecular weight excluding hydrogens is 398 g/mol. The first-order valence-corrected chi connectivity index (χ1v) is 9.91. The van der Waals surface area contributed by atoms with Crippen molar-refractivity contribution in [1.82, 2.24) is 24.9 Å². The fourth-order valence-corrected chi connectivity index (χ4v) is 3.19. The molecule has 3 N–H and O–H groups in total. The minimum Gasteiger partial charge on any atom is -0.456 e. The van der Waals surface area contributed by atoms with Crippen LogP contribution in [0.25, 0.3) is 5.78 Å². The van der Waals surface area contributed by atoms with Gasteiger partial charge in [0.2, 0.25) is 5.95 Å². The lowest BCUT2D eigenvalue weighted by molar-refractivity contribution is -0.148. The molecule has 2 aromatic heterocycles. The maximum atomic E-state index is 12.1. The molecule has 2 heterocycles. The van der Waals surface area contributed by atoms with Crippen LogP contribution < -0.4 is 16.0 Å². The van der Waals surface area contributed by atoms with Crippen molar-refractivity contribution in [1.29, 1.82) is 0 Å². The second kappa shape index (κ2) is 9.41. The number of nitrogens with one attached hydrogen (secondary N) is 1. The number of nitrogen functional groups attached to an aromatic ring is 1. The fourth-order valence-electron chi connectivity index (χ4n) is 3.19. The molecule has 0 fully saturated rings. The molecule has 0 spiro atoms. The van der Waals surface area contributed by atoms with Crippen LogP contribution in [0.2, 0.25) is 0 Å². The Morgan fingerprint density at radius 3 is 2.55 bits per heavy atom. The molecule has 0 unspecified atom stereocenters. The average molecular weight is 425 g/mol. The maximum absolute atomic E-state index is 12.1. The summed E-state index contributed by atoms with van der Waals surface area (Å²) in [5, 5.41) is 6.86. The van der Waals surface area contributed by atoms with Gasteiger partial charge in [-0.3, -0.25) is 9.59 Å². The predicted octanol–water partition coefficient (Wildman–Crippen LogP) is 1.18. The largest absolute Gasteiger partial charge is 0.456 e. The summed E-state index contributed by atoms with van der Waals surface area (Å²) in [6.07, 6.45) is 0.539. The van der Waals surface area contributed by atoms with Crippen LogP contribution in [0.5, 0.6) is 0 Å². The number of fused-ring (bicyclic) bond motifs is 1. The van der Waals surface area contributed by atoms with Crippen LogP contribution in [0.4, 0.5) is 11.6 Å². The van der Waals surface area contributed by atoms with Gasteiger partial charge in [-0.05, 0) is 43.5 Å². The third-order valence-electron chi connectivity index (χ3n) is 4.95. The molecule has 0 saturated heterocycles. The van der Waals surface area contributed by atoms with Crippen molar-refractivity contribution in [2.45, 2.75) is 33.2 Å². The zero-order valence-corrected chi connectivity index (χ0v) is 18.2. The lowest BCUT2D eigenvalue weighted by atomic mass is 10.1. The Balaban J connectivity index is 1.46. The summed E-state index contributed by atoms with van der Waals surface area (Å²) in [6.45, 7) is 3.77. The second-order valence-corrected chi connectivity index (χ2v) is 7.44. The minimum atomic E-state index is -0.456. The van der Waals surface area contributed by atoms with Gasteiger partial charge < -0.3 is 20.7 Å². The first kappa shape index (κ1) is 22.0. The number of ether oxygens (including phenoxy) is 1. The number of carbonyl (C=O) groups excluding carboxylic acids is 2. The first-order valence-electron chi connectivity index (χ1n) is 9.91. The van der Waals surface area contributed by atoms with E-state index in [1.54, 1.807) is 4.52 Å². The molecule has 0 saturated carbocycles. The van der Waals surface area contributed by atoms with Gasteiger partial charge >= 0.3 is 5.97 Å². The van der Waals surface area contributed by atoms with Crippen LogP contribution >= 0.6 is 0 Å². The summed E-state index contributed by atoms with van der Waals surface area (Å²) in [6, 6.07) is 7.84. The Morgan fingerprint density at radius 1 is 1.16 bits per heavy atom. The van der Waals surface area contributed by atoms with Gasteiger partial charge in [-0.25, -0.2) is 4.98 Å². The normalized spacial score (nSPS) is 10.8. The predicted molar refractivity (Wildman–Crippen MR) is 117 cm³/mol. The van der Waals surface area contributed by atoms with Gasteiger partial charge in [-0.15, -0.1) is 5.10 Å². The van der Waals surface area contributed by atoms with Crippen LogP contribution in [-0.4, -0.2) is 52.2 Å². The molecule has 0 bridgehead atoms. The Hall–Kier alpha value is -3.69. The van der Waals surface area contributed by atoms with Crippen LogP contribution in [0, 0.1) is 13.8 Å². The molecule has 0 aliphatic carbocycles. The Morgan fingerprint density at radius 2 is 1.87 bits per heavy atom. The number of rotatable bonds is 8. The van der Waals surface area contributed by atoms with Crippen LogP contribution in [0.1, 0.15) is 28.9 Å². The van der Waals surface area contributed by atoms with E-state index in [2.05, 4.69) is 20.4 Å². The van der Waals surface area contributed by atoms with E-state index in [9.17, 15) is 9.59 Å². The van der Waals surface area contributed by atoms with Crippen molar-refractivity contribution >= 4 is 29.3 Å².